The quantitative estimate of drug-likeness (QED) is 0.910. The van der Waals surface area contributed by atoms with Crippen LogP contribution in [0.2, 0.25) is 0 Å². The number of rotatable bonds is 3. The molecule has 0 aliphatic heterocycles. The summed E-state index contributed by atoms with van der Waals surface area (Å²) in [4.78, 5) is 12.8. The number of aromatic nitrogens is 1. The van der Waals surface area contributed by atoms with Crippen molar-refractivity contribution in [1.82, 2.24) is 4.57 Å². The Bertz CT molecular complexity index is 501. The Morgan fingerprint density at radius 3 is 2.11 bits per heavy atom. The van der Waals surface area contributed by atoms with E-state index in [4.69, 9.17) is 5.73 Å². The Morgan fingerprint density at radius 1 is 1.21 bits per heavy atom. The number of pyridine rings is 1. The van der Waals surface area contributed by atoms with Crippen molar-refractivity contribution in [3.63, 3.8) is 0 Å². The van der Waals surface area contributed by atoms with Crippen LogP contribution in [0.4, 0.5) is 0 Å². The maximum atomic E-state index is 12.8. The molecule has 0 saturated carbocycles. The van der Waals surface area contributed by atoms with Crippen molar-refractivity contribution in [3.8, 4) is 0 Å². The van der Waals surface area contributed by atoms with Gasteiger partial charge in [0.15, 0.2) is 0 Å². The number of hydrogen-bond donors (Lipinski definition) is 1. The van der Waals surface area contributed by atoms with E-state index in [1.807, 2.05) is 24.5 Å². The fraction of sp³-hybridized carbons (Fsp3) is 0.688. The van der Waals surface area contributed by atoms with Crippen molar-refractivity contribution in [1.29, 1.82) is 0 Å². The van der Waals surface area contributed by atoms with Gasteiger partial charge in [-0.15, -0.1) is 0 Å². The first-order valence-electron chi connectivity index (χ1n) is 7.05. The van der Waals surface area contributed by atoms with Crippen molar-refractivity contribution in [2.75, 3.05) is 0 Å². The molecule has 1 heterocycles. The highest BCUT2D eigenvalue weighted by molar-refractivity contribution is 5.26. The smallest absolute Gasteiger partial charge is 0.256 e. The zero-order valence-corrected chi connectivity index (χ0v) is 13.4. The van der Waals surface area contributed by atoms with E-state index < -0.39 is 5.54 Å². The van der Waals surface area contributed by atoms with Gasteiger partial charge in [-0.25, -0.2) is 0 Å². The third kappa shape index (κ3) is 3.27. The van der Waals surface area contributed by atoms with Crippen LogP contribution >= 0.6 is 0 Å². The molecule has 0 bridgehead atoms. The number of nitrogens with zero attached hydrogens (tertiary/aromatic N) is 1. The Hall–Kier alpha value is -1.09. The minimum Gasteiger partial charge on any atom is -0.322 e. The van der Waals surface area contributed by atoms with Crippen molar-refractivity contribution < 1.29 is 0 Å². The van der Waals surface area contributed by atoms with Crippen LogP contribution in [0.3, 0.4) is 0 Å². The number of nitrogens with two attached hydrogens (primary N) is 1. The second-order valence-corrected chi connectivity index (χ2v) is 7.04. The zero-order chi connectivity index (χ0) is 15.0. The molecule has 3 heteroatoms. The maximum Gasteiger partial charge on any atom is 0.256 e. The molecule has 1 unspecified atom stereocenters. The fourth-order valence-electron chi connectivity index (χ4n) is 2.27. The summed E-state index contributed by atoms with van der Waals surface area (Å²) in [5.74, 6) is 0. The van der Waals surface area contributed by atoms with Crippen LogP contribution in [0.25, 0.3) is 0 Å². The molecule has 1 atom stereocenters. The summed E-state index contributed by atoms with van der Waals surface area (Å²) < 4.78 is 1.92. The number of hydrogen-bond acceptors (Lipinski definition) is 2. The molecule has 1 rings (SSSR count). The first kappa shape index (κ1) is 16.0. The van der Waals surface area contributed by atoms with Gasteiger partial charge in [-0.3, -0.25) is 4.79 Å². The molecule has 1 aromatic heterocycles. The van der Waals surface area contributed by atoms with Gasteiger partial charge in [-0.05, 0) is 39.3 Å². The van der Waals surface area contributed by atoms with Crippen LogP contribution in [-0.4, -0.2) is 4.57 Å². The van der Waals surface area contributed by atoms with E-state index in [9.17, 15) is 4.79 Å². The van der Waals surface area contributed by atoms with Crippen LogP contribution in [-0.2, 0) is 11.0 Å². The predicted molar refractivity (Wildman–Crippen MR) is 81.6 cm³/mol. The highest BCUT2D eigenvalue weighted by atomic mass is 16.1. The normalized spacial score (nSPS) is 14.5. The van der Waals surface area contributed by atoms with Gasteiger partial charge in [0, 0.05) is 28.3 Å². The molecular formula is C16H28N2O. The Kier molecular flexibility index (Phi) is 4.30. The van der Waals surface area contributed by atoms with Crippen LogP contribution in [0.5, 0.6) is 0 Å². The molecule has 0 radical (unpaired) electrons. The highest BCUT2D eigenvalue weighted by Gasteiger charge is 2.26. The second-order valence-electron chi connectivity index (χ2n) is 7.04. The summed E-state index contributed by atoms with van der Waals surface area (Å²) in [6.07, 6.45) is 0.928. The van der Waals surface area contributed by atoms with Gasteiger partial charge >= 0.3 is 0 Å². The van der Waals surface area contributed by atoms with E-state index in [1.54, 1.807) is 0 Å². The van der Waals surface area contributed by atoms with Gasteiger partial charge < -0.3 is 10.3 Å². The van der Waals surface area contributed by atoms with Crippen LogP contribution in [0.15, 0.2) is 16.9 Å². The molecule has 19 heavy (non-hydrogen) atoms. The van der Waals surface area contributed by atoms with E-state index >= 15 is 0 Å². The lowest BCUT2D eigenvalue weighted by Gasteiger charge is -2.30. The van der Waals surface area contributed by atoms with Gasteiger partial charge in [-0.2, -0.15) is 0 Å². The summed E-state index contributed by atoms with van der Waals surface area (Å²) >= 11 is 0. The summed E-state index contributed by atoms with van der Waals surface area (Å²) in [5, 5.41) is 0. The van der Waals surface area contributed by atoms with Gasteiger partial charge in [0.25, 0.3) is 5.56 Å². The Labute approximate surface area is 116 Å². The highest BCUT2D eigenvalue weighted by Crippen LogP contribution is 2.26. The lowest BCUT2D eigenvalue weighted by atomic mass is 9.88. The molecule has 0 aromatic carbocycles. The zero-order valence-electron chi connectivity index (χ0n) is 13.4. The van der Waals surface area contributed by atoms with Gasteiger partial charge in [0.05, 0.1) is 0 Å². The van der Waals surface area contributed by atoms with E-state index in [1.165, 1.54) is 0 Å². The summed E-state index contributed by atoms with van der Waals surface area (Å²) in [5.41, 5.74) is 7.25. The molecule has 0 fully saturated rings. The fourth-order valence-corrected chi connectivity index (χ4v) is 2.27. The summed E-state index contributed by atoms with van der Waals surface area (Å²) in [6.45, 7) is 14.3. The van der Waals surface area contributed by atoms with E-state index in [0.29, 0.717) is 5.56 Å². The summed E-state index contributed by atoms with van der Waals surface area (Å²) in [7, 11) is 0. The molecule has 108 valence electrons. The topological polar surface area (TPSA) is 48.0 Å². The summed E-state index contributed by atoms with van der Waals surface area (Å²) in [6, 6.07) is 4.13. The van der Waals surface area contributed by atoms with Crippen molar-refractivity contribution in [2.24, 2.45) is 5.73 Å². The lowest BCUT2D eigenvalue weighted by Crippen LogP contribution is -2.41. The molecule has 0 amide bonds. The minimum absolute atomic E-state index is 0.0503. The van der Waals surface area contributed by atoms with Crippen molar-refractivity contribution in [3.05, 3.63) is 33.7 Å². The Balaban J connectivity index is 3.65. The lowest BCUT2D eigenvalue weighted by molar-refractivity contribution is 0.427. The van der Waals surface area contributed by atoms with Gasteiger partial charge in [0.2, 0.25) is 0 Å². The first-order valence-corrected chi connectivity index (χ1v) is 7.05. The van der Waals surface area contributed by atoms with Gasteiger partial charge in [0.1, 0.15) is 0 Å². The van der Waals surface area contributed by atoms with Gasteiger partial charge in [-0.1, -0.05) is 27.7 Å². The molecule has 3 nitrogen and oxygen atoms in total. The SMILES string of the molecule is CCC(C)n1c(C(C)(C)C)ccc(C(C)(C)N)c1=O. The van der Waals surface area contributed by atoms with Crippen LogP contribution < -0.4 is 11.3 Å². The predicted octanol–water partition coefficient (Wildman–Crippen LogP) is 3.31. The van der Waals surface area contributed by atoms with E-state index in [0.717, 1.165) is 12.1 Å². The largest absolute Gasteiger partial charge is 0.322 e. The average molecular weight is 264 g/mol. The molecular weight excluding hydrogens is 236 g/mol. The van der Waals surface area contributed by atoms with Crippen molar-refractivity contribution in [2.45, 2.75) is 71.9 Å². The first-order chi connectivity index (χ1) is 8.50. The van der Waals surface area contributed by atoms with E-state index in [-0.39, 0.29) is 17.0 Å². The average Bonchev–Trinajstić information content (AvgIpc) is 2.24. The molecule has 0 aliphatic rings. The minimum atomic E-state index is -0.608. The standard InChI is InChI=1S/C16H28N2O/c1-8-11(2)18-13(15(3,4)5)10-9-12(14(18)19)16(6,7)17/h9-11H,8,17H2,1-7H3. The molecule has 0 saturated heterocycles. The maximum absolute atomic E-state index is 12.8. The molecule has 1 aromatic rings. The Morgan fingerprint density at radius 2 is 1.74 bits per heavy atom. The molecule has 0 spiro atoms. The third-order valence-electron chi connectivity index (χ3n) is 3.61. The third-order valence-corrected chi connectivity index (χ3v) is 3.61. The van der Waals surface area contributed by atoms with Crippen LogP contribution in [0, 0.1) is 0 Å². The molecule has 2 N–H and O–H groups in total. The van der Waals surface area contributed by atoms with Crippen molar-refractivity contribution >= 4 is 0 Å². The van der Waals surface area contributed by atoms with E-state index in [2.05, 4.69) is 40.7 Å². The second kappa shape index (κ2) is 5.12. The monoisotopic (exact) mass is 264 g/mol. The van der Waals surface area contributed by atoms with Crippen LogP contribution in [0.1, 0.15) is 72.2 Å². The molecule has 0 aliphatic carbocycles.